The van der Waals surface area contributed by atoms with E-state index in [2.05, 4.69) is 5.32 Å². The highest BCUT2D eigenvalue weighted by atomic mass is 35.5. The summed E-state index contributed by atoms with van der Waals surface area (Å²) in [7, 11) is 0. The summed E-state index contributed by atoms with van der Waals surface area (Å²) in [5.74, 6) is 0.795. The average Bonchev–Trinajstić information content (AvgIpc) is 3.00. The van der Waals surface area contributed by atoms with Crippen LogP contribution in [0.2, 0.25) is 5.02 Å². The van der Waals surface area contributed by atoms with Crippen LogP contribution in [0.25, 0.3) is 0 Å². The van der Waals surface area contributed by atoms with Gasteiger partial charge in [0, 0.05) is 0 Å². The summed E-state index contributed by atoms with van der Waals surface area (Å²) in [6, 6.07) is 8.45. The first-order valence-electron chi connectivity index (χ1n) is 6.46. The molecule has 0 radical (unpaired) electrons. The minimum atomic E-state index is -0.697. The first-order chi connectivity index (χ1) is 10.1. The molecule has 0 bridgehead atoms. The third-order valence-electron chi connectivity index (χ3n) is 2.87. The second-order valence-electron chi connectivity index (χ2n) is 4.48. The van der Waals surface area contributed by atoms with Gasteiger partial charge in [0.25, 0.3) is 5.91 Å². The van der Waals surface area contributed by atoms with Crippen LogP contribution in [0, 0.1) is 0 Å². The molecule has 0 spiro atoms. The first kappa shape index (κ1) is 15.4. The highest BCUT2D eigenvalue weighted by Crippen LogP contribution is 2.26. The summed E-state index contributed by atoms with van der Waals surface area (Å²) in [5, 5.41) is 12.1. The van der Waals surface area contributed by atoms with Gasteiger partial charge in [0.1, 0.15) is 11.5 Å². The number of halogens is 1. The number of carbonyl (C=O) groups is 1. The minimum absolute atomic E-state index is 0.0980. The lowest BCUT2D eigenvalue weighted by Crippen LogP contribution is -2.35. The lowest BCUT2D eigenvalue weighted by molar-refractivity contribution is -0.127. The van der Waals surface area contributed by atoms with Crippen molar-refractivity contribution in [2.45, 2.75) is 26.2 Å². The number of nitrogens with one attached hydrogen (secondary N) is 1. The minimum Gasteiger partial charge on any atom is -0.479 e. The van der Waals surface area contributed by atoms with E-state index in [1.54, 1.807) is 43.5 Å². The van der Waals surface area contributed by atoms with Crippen LogP contribution in [0.15, 0.2) is 41.0 Å². The Hall–Kier alpha value is -1.98. The van der Waals surface area contributed by atoms with E-state index in [9.17, 15) is 4.79 Å². The van der Waals surface area contributed by atoms with Crippen molar-refractivity contribution in [1.29, 1.82) is 0 Å². The summed E-state index contributed by atoms with van der Waals surface area (Å²) in [6.07, 6.45) is 0.849. The molecule has 0 fully saturated rings. The molecule has 2 aromatic rings. The number of ether oxygens (including phenoxy) is 1. The van der Waals surface area contributed by atoms with Crippen molar-refractivity contribution in [3.8, 4) is 5.75 Å². The van der Waals surface area contributed by atoms with Crippen LogP contribution >= 0.6 is 11.6 Å². The molecule has 1 heterocycles. The summed E-state index contributed by atoms with van der Waals surface area (Å²) in [5.41, 5.74) is 0.683. The quantitative estimate of drug-likeness (QED) is 0.860. The average molecular weight is 310 g/mol. The lowest BCUT2D eigenvalue weighted by Gasteiger charge is -2.15. The zero-order chi connectivity index (χ0) is 15.2. The topological polar surface area (TPSA) is 71.7 Å². The number of carbonyl (C=O) groups excluding carboxylic acids is 1. The van der Waals surface area contributed by atoms with Gasteiger partial charge in [-0.05, 0) is 36.8 Å². The SMILES string of the molecule is CC(Oc1ccc(CO)cc1Cl)C(=O)NCc1ccco1. The predicted octanol–water partition coefficient (Wildman–Crippen LogP) is 2.51. The second kappa shape index (κ2) is 7.15. The van der Waals surface area contributed by atoms with E-state index in [1.807, 2.05) is 0 Å². The fourth-order valence-electron chi connectivity index (χ4n) is 1.71. The maximum atomic E-state index is 11.9. The number of hydrogen-bond donors (Lipinski definition) is 2. The zero-order valence-corrected chi connectivity index (χ0v) is 12.3. The molecule has 6 heteroatoms. The molecule has 112 valence electrons. The molecule has 5 nitrogen and oxygen atoms in total. The summed E-state index contributed by atoms with van der Waals surface area (Å²) in [4.78, 5) is 11.9. The molecule has 0 aliphatic rings. The van der Waals surface area contributed by atoms with Crippen molar-refractivity contribution in [3.05, 3.63) is 52.9 Å². The third-order valence-corrected chi connectivity index (χ3v) is 3.16. The van der Waals surface area contributed by atoms with E-state index < -0.39 is 6.10 Å². The van der Waals surface area contributed by atoms with Crippen LogP contribution in [0.4, 0.5) is 0 Å². The predicted molar refractivity (Wildman–Crippen MR) is 78.0 cm³/mol. The number of amides is 1. The molecule has 1 aromatic heterocycles. The standard InChI is InChI=1S/C15H16ClNO4/c1-10(15(19)17-8-12-3-2-6-20-12)21-14-5-4-11(9-18)7-13(14)16/h2-7,10,18H,8-9H2,1H3,(H,17,19). The Labute approximate surface area is 127 Å². The fraction of sp³-hybridized carbons (Fsp3) is 0.267. The van der Waals surface area contributed by atoms with E-state index in [1.165, 1.54) is 0 Å². The highest BCUT2D eigenvalue weighted by Gasteiger charge is 2.16. The molecule has 0 saturated carbocycles. The van der Waals surface area contributed by atoms with Gasteiger partial charge in [0.2, 0.25) is 0 Å². The molecule has 2 N–H and O–H groups in total. The Bertz CT molecular complexity index is 598. The molecule has 1 atom stereocenters. The smallest absolute Gasteiger partial charge is 0.261 e. The van der Waals surface area contributed by atoms with Crippen molar-refractivity contribution in [3.63, 3.8) is 0 Å². The maximum absolute atomic E-state index is 11.9. The Balaban J connectivity index is 1.91. The molecular formula is C15H16ClNO4. The summed E-state index contributed by atoms with van der Waals surface area (Å²) in [6.45, 7) is 1.84. The Morgan fingerprint density at radius 1 is 1.48 bits per heavy atom. The van der Waals surface area contributed by atoms with Gasteiger partial charge in [-0.1, -0.05) is 17.7 Å². The van der Waals surface area contributed by atoms with Crippen LogP contribution in [0.5, 0.6) is 5.75 Å². The summed E-state index contributed by atoms with van der Waals surface area (Å²) >= 11 is 6.03. The fourth-order valence-corrected chi connectivity index (χ4v) is 1.96. The Kier molecular flexibility index (Phi) is 5.25. The van der Waals surface area contributed by atoms with Gasteiger partial charge < -0.3 is 19.6 Å². The molecule has 1 amide bonds. The van der Waals surface area contributed by atoms with E-state index >= 15 is 0 Å². The molecular weight excluding hydrogens is 294 g/mol. The van der Waals surface area contributed by atoms with Crippen molar-refractivity contribution >= 4 is 17.5 Å². The molecule has 2 rings (SSSR count). The number of rotatable bonds is 6. The Morgan fingerprint density at radius 2 is 2.29 bits per heavy atom. The van der Waals surface area contributed by atoms with Crippen molar-refractivity contribution < 1.29 is 19.1 Å². The molecule has 0 aliphatic heterocycles. The van der Waals surface area contributed by atoms with E-state index in [-0.39, 0.29) is 12.5 Å². The molecule has 1 aromatic carbocycles. The highest BCUT2D eigenvalue weighted by molar-refractivity contribution is 6.32. The van der Waals surface area contributed by atoms with Crippen molar-refractivity contribution in [2.24, 2.45) is 0 Å². The van der Waals surface area contributed by atoms with E-state index in [0.29, 0.717) is 28.6 Å². The van der Waals surface area contributed by atoms with Gasteiger partial charge in [0.15, 0.2) is 6.10 Å². The van der Waals surface area contributed by atoms with Gasteiger partial charge in [-0.2, -0.15) is 0 Å². The Morgan fingerprint density at radius 3 is 2.90 bits per heavy atom. The number of furan rings is 1. The maximum Gasteiger partial charge on any atom is 0.261 e. The lowest BCUT2D eigenvalue weighted by atomic mass is 10.2. The number of aliphatic hydroxyl groups is 1. The molecule has 1 unspecified atom stereocenters. The van der Waals surface area contributed by atoms with E-state index in [0.717, 1.165) is 0 Å². The van der Waals surface area contributed by atoms with Crippen LogP contribution in [0.3, 0.4) is 0 Å². The number of aliphatic hydroxyl groups excluding tert-OH is 1. The largest absolute Gasteiger partial charge is 0.479 e. The van der Waals surface area contributed by atoms with Crippen LogP contribution in [-0.2, 0) is 17.9 Å². The zero-order valence-electron chi connectivity index (χ0n) is 11.5. The van der Waals surface area contributed by atoms with E-state index in [4.69, 9.17) is 25.9 Å². The van der Waals surface area contributed by atoms with Gasteiger partial charge in [-0.3, -0.25) is 4.79 Å². The second-order valence-corrected chi connectivity index (χ2v) is 4.89. The van der Waals surface area contributed by atoms with Gasteiger partial charge in [-0.25, -0.2) is 0 Å². The molecule has 21 heavy (non-hydrogen) atoms. The molecule has 0 saturated heterocycles. The first-order valence-corrected chi connectivity index (χ1v) is 6.84. The van der Waals surface area contributed by atoms with Crippen molar-refractivity contribution in [2.75, 3.05) is 0 Å². The van der Waals surface area contributed by atoms with Crippen molar-refractivity contribution in [1.82, 2.24) is 5.32 Å². The molecule has 0 aliphatic carbocycles. The van der Waals surface area contributed by atoms with Gasteiger partial charge in [0.05, 0.1) is 24.4 Å². The van der Waals surface area contributed by atoms with Gasteiger partial charge in [-0.15, -0.1) is 0 Å². The third kappa shape index (κ3) is 4.24. The monoisotopic (exact) mass is 309 g/mol. The van der Waals surface area contributed by atoms with Crippen LogP contribution in [0.1, 0.15) is 18.2 Å². The van der Waals surface area contributed by atoms with Gasteiger partial charge >= 0.3 is 0 Å². The normalized spacial score (nSPS) is 12.0. The number of hydrogen-bond acceptors (Lipinski definition) is 4. The van der Waals surface area contributed by atoms with Crippen LogP contribution < -0.4 is 10.1 Å². The number of benzene rings is 1. The summed E-state index contributed by atoms with van der Waals surface area (Å²) < 4.78 is 10.6. The van der Waals surface area contributed by atoms with Crippen LogP contribution in [-0.4, -0.2) is 17.1 Å².